The fraction of sp³-hybridized carbons (Fsp3) is 0.474. The number of esters is 1. The number of nitrogens with one attached hydrogen (secondary N) is 2. The summed E-state index contributed by atoms with van der Waals surface area (Å²) in [4.78, 5) is 12.7. The van der Waals surface area contributed by atoms with Crippen LogP contribution in [0.1, 0.15) is 39.3 Å². The normalized spacial score (nSPS) is 16.7. The van der Waals surface area contributed by atoms with Crippen molar-refractivity contribution in [2.24, 2.45) is 5.92 Å². The van der Waals surface area contributed by atoms with Crippen LogP contribution in [-0.2, 0) is 9.53 Å². The maximum absolute atomic E-state index is 12.7. The second-order valence-electron chi connectivity index (χ2n) is 6.58. The Balaban J connectivity index is 2.41. The first-order chi connectivity index (χ1) is 13.2. The molecule has 28 heavy (non-hydrogen) atoms. The van der Waals surface area contributed by atoms with Crippen LogP contribution in [0, 0.1) is 5.92 Å². The molecule has 154 valence electrons. The lowest BCUT2D eigenvalue weighted by molar-refractivity contribution is -0.140. The third-order valence-corrected chi connectivity index (χ3v) is 4.07. The molecule has 1 aliphatic heterocycles. The number of benzene rings is 1. The van der Waals surface area contributed by atoms with E-state index in [-0.39, 0.29) is 30.6 Å². The van der Waals surface area contributed by atoms with Gasteiger partial charge in [-0.15, -0.1) is 0 Å². The molecule has 0 amide bonds. The van der Waals surface area contributed by atoms with Crippen LogP contribution < -0.4 is 20.1 Å². The molecule has 1 aromatic carbocycles. The number of alkyl halides is 2. The van der Waals surface area contributed by atoms with Crippen molar-refractivity contribution >= 4 is 23.3 Å². The molecule has 0 saturated heterocycles. The molecular formula is C19H24F2N2O4S. The van der Waals surface area contributed by atoms with Gasteiger partial charge in [0.25, 0.3) is 0 Å². The summed E-state index contributed by atoms with van der Waals surface area (Å²) in [6.07, 6.45) is 0. The van der Waals surface area contributed by atoms with E-state index >= 15 is 0 Å². The number of thiocarbonyl (C=S) groups is 1. The molecule has 0 saturated carbocycles. The van der Waals surface area contributed by atoms with E-state index in [4.69, 9.17) is 21.7 Å². The summed E-state index contributed by atoms with van der Waals surface area (Å²) in [5, 5.41) is 6.29. The van der Waals surface area contributed by atoms with Gasteiger partial charge >= 0.3 is 12.6 Å². The molecule has 2 rings (SSSR count). The van der Waals surface area contributed by atoms with Crippen molar-refractivity contribution in [1.82, 2.24) is 10.6 Å². The van der Waals surface area contributed by atoms with Gasteiger partial charge in [-0.25, -0.2) is 4.79 Å². The second kappa shape index (κ2) is 9.68. The van der Waals surface area contributed by atoms with E-state index < -0.39 is 18.6 Å². The van der Waals surface area contributed by atoms with Crippen molar-refractivity contribution in [1.29, 1.82) is 0 Å². The highest BCUT2D eigenvalue weighted by Gasteiger charge is 2.31. The average Bonchev–Trinajstić information content (AvgIpc) is 2.60. The van der Waals surface area contributed by atoms with Gasteiger partial charge in [0.05, 0.1) is 24.8 Å². The quantitative estimate of drug-likeness (QED) is 0.497. The first kappa shape index (κ1) is 21.9. The summed E-state index contributed by atoms with van der Waals surface area (Å²) < 4.78 is 40.6. The van der Waals surface area contributed by atoms with Crippen LogP contribution in [0.3, 0.4) is 0 Å². The van der Waals surface area contributed by atoms with Crippen molar-refractivity contribution in [2.45, 2.75) is 40.3 Å². The first-order valence-corrected chi connectivity index (χ1v) is 9.30. The van der Waals surface area contributed by atoms with E-state index in [1.807, 2.05) is 13.8 Å². The van der Waals surface area contributed by atoms with E-state index in [1.165, 1.54) is 6.07 Å². The van der Waals surface area contributed by atoms with Crippen LogP contribution in [0.15, 0.2) is 29.5 Å². The van der Waals surface area contributed by atoms with Gasteiger partial charge in [0.1, 0.15) is 0 Å². The van der Waals surface area contributed by atoms with E-state index in [2.05, 4.69) is 15.4 Å². The summed E-state index contributed by atoms with van der Waals surface area (Å²) in [6.45, 7) is 4.90. The van der Waals surface area contributed by atoms with Crippen LogP contribution in [0.2, 0.25) is 0 Å². The second-order valence-corrected chi connectivity index (χ2v) is 6.99. The monoisotopic (exact) mass is 414 g/mol. The summed E-state index contributed by atoms with van der Waals surface area (Å²) in [5.74, 6) is -0.227. The number of hydrogen-bond acceptors (Lipinski definition) is 5. The van der Waals surface area contributed by atoms with Gasteiger partial charge in [-0.2, -0.15) is 8.78 Å². The highest BCUT2D eigenvalue weighted by atomic mass is 32.1. The van der Waals surface area contributed by atoms with Crippen molar-refractivity contribution in [3.8, 4) is 11.5 Å². The number of carbonyl (C=O) groups excluding carboxylic acids is 1. The van der Waals surface area contributed by atoms with E-state index in [1.54, 1.807) is 26.0 Å². The third kappa shape index (κ3) is 5.54. The van der Waals surface area contributed by atoms with Gasteiger partial charge in [0.2, 0.25) is 0 Å². The van der Waals surface area contributed by atoms with Gasteiger partial charge in [-0.3, -0.25) is 0 Å². The molecule has 0 spiro atoms. The summed E-state index contributed by atoms with van der Waals surface area (Å²) in [7, 11) is 0. The van der Waals surface area contributed by atoms with Crippen molar-refractivity contribution in [3.63, 3.8) is 0 Å². The molecule has 1 heterocycles. The van der Waals surface area contributed by atoms with Gasteiger partial charge < -0.3 is 24.8 Å². The standard InChI is InChI=1S/C19H24F2N2O4S/c1-5-25-14-8-12(6-7-13(14)27-18(20)21)16-15(11(4)22-19(28)23-16)17(24)26-9-10(2)3/h6-8,10,16,18H,5,9H2,1-4H3,(H2,22,23,28)/t16-/m0/s1. The molecule has 1 aromatic rings. The fourth-order valence-electron chi connectivity index (χ4n) is 2.70. The molecule has 0 radical (unpaired) electrons. The van der Waals surface area contributed by atoms with Crippen molar-refractivity contribution in [2.75, 3.05) is 13.2 Å². The Bertz CT molecular complexity index is 768. The number of rotatable bonds is 8. The Morgan fingerprint density at radius 1 is 1.29 bits per heavy atom. The van der Waals surface area contributed by atoms with Crippen LogP contribution in [0.25, 0.3) is 0 Å². The number of hydrogen-bond donors (Lipinski definition) is 2. The highest BCUT2D eigenvalue weighted by molar-refractivity contribution is 7.80. The highest BCUT2D eigenvalue weighted by Crippen LogP contribution is 2.35. The van der Waals surface area contributed by atoms with Crippen LogP contribution >= 0.6 is 12.2 Å². The lowest BCUT2D eigenvalue weighted by atomic mass is 9.95. The predicted octanol–water partition coefficient (Wildman–Crippen LogP) is 3.68. The van der Waals surface area contributed by atoms with Crippen molar-refractivity contribution in [3.05, 3.63) is 35.0 Å². The molecule has 6 nitrogen and oxygen atoms in total. The van der Waals surface area contributed by atoms with Crippen LogP contribution in [0.5, 0.6) is 11.5 Å². The zero-order valence-electron chi connectivity index (χ0n) is 16.2. The largest absolute Gasteiger partial charge is 0.490 e. The lowest BCUT2D eigenvalue weighted by Crippen LogP contribution is -2.45. The smallest absolute Gasteiger partial charge is 0.387 e. The average molecular weight is 414 g/mol. The van der Waals surface area contributed by atoms with Gasteiger partial charge in [-0.1, -0.05) is 19.9 Å². The van der Waals surface area contributed by atoms with Gasteiger partial charge in [0.15, 0.2) is 16.6 Å². The number of halogens is 2. The maximum atomic E-state index is 12.7. The maximum Gasteiger partial charge on any atom is 0.387 e. The molecule has 0 aromatic heterocycles. The molecule has 2 N–H and O–H groups in total. The number of allylic oxidation sites excluding steroid dienone is 1. The summed E-state index contributed by atoms with van der Waals surface area (Å²) >= 11 is 5.21. The lowest BCUT2D eigenvalue weighted by Gasteiger charge is -2.30. The SMILES string of the molecule is CCOc1cc([C@@H]2NC(=S)NC(C)=C2C(=O)OCC(C)C)ccc1OC(F)F. The molecule has 0 bridgehead atoms. The Labute approximate surface area is 168 Å². The molecule has 9 heteroatoms. The van der Waals surface area contributed by atoms with E-state index in [9.17, 15) is 13.6 Å². The molecule has 0 unspecified atom stereocenters. The minimum Gasteiger partial charge on any atom is -0.490 e. The molecule has 1 atom stereocenters. The van der Waals surface area contributed by atoms with Gasteiger partial charge in [0, 0.05) is 5.70 Å². The first-order valence-electron chi connectivity index (χ1n) is 8.89. The topological polar surface area (TPSA) is 68.8 Å². The Hall–Kier alpha value is -2.42. The molecule has 0 aliphatic carbocycles. The summed E-state index contributed by atoms with van der Waals surface area (Å²) in [6, 6.07) is 3.89. The Morgan fingerprint density at radius 3 is 2.61 bits per heavy atom. The molecule has 0 fully saturated rings. The third-order valence-electron chi connectivity index (χ3n) is 3.85. The van der Waals surface area contributed by atoms with E-state index in [0.717, 1.165) is 0 Å². The predicted molar refractivity (Wildman–Crippen MR) is 104 cm³/mol. The minimum absolute atomic E-state index is 0.0817. The summed E-state index contributed by atoms with van der Waals surface area (Å²) in [5.41, 5.74) is 1.53. The molecule has 1 aliphatic rings. The Morgan fingerprint density at radius 2 is 2.00 bits per heavy atom. The van der Waals surface area contributed by atoms with E-state index in [0.29, 0.717) is 21.9 Å². The minimum atomic E-state index is -2.97. The zero-order chi connectivity index (χ0) is 20.8. The number of ether oxygens (including phenoxy) is 3. The molecular weight excluding hydrogens is 390 g/mol. The van der Waals surface area contributed by atoms with Gasteiger partial charge in [-0.05, 0) is 49.7 Å². The van der Waals surface area contributed by atoms with Crippen LogP contribution in [0.4, 0.5) is 8.78 Å². The van der Waals surface area contributed by atoms with Crippen LogP contribution in [-0.4, -0.2) is 30.9 Å². The fourth-order valence-corrected chi connectivity index (χ4v) is 2.97. The van der Waals surface area contributed by atoms with Crippen molar-refractivity contribution < 1.29 is 27.8 Å². The number of carbonyl (C=O) groups is 1. The Kier molecular flexibility index (Phi) is 7.56. The zero-order valence-corrected chi connectivity index (χ0v) is 17.0.